The van der Waals surface area contributed by atoms with Crippen molar-refractivity contribution in [1.82, 2.24) is 5.32 Å². The van der Waals surface area contributed by atoms with Crippen LogP contribution in [0, 0.1) is 6.92 Å². The molecule has 1 aromatic heterocycles. The molecule has 0 saturated heterocycles. The highest BCUT2D eigenvalue weighted by atomic mass is 16.5. The molecule has 2 rings (SSSR count). The highest BCUT2D eigenvalue weighted by Crippen LogP contribution is 2.11. The van der Waals surface area contributed by atoms with Crippen molar-refractivity contribution < 1.29 is 13.9 Å². The number of rotatable bonds is 6. The van der Waals surface area contributed by atoms with Crippen LogP contribution in [0.25, 0.3) is 6.08 Å². The maximum absolute atomic E-state index is 11.7. The lowest BCUT2D eigenvalue weighted by atomic mass is 10.1. The molecular formula is C17H19NO3. The molecule has 0 atom stereocenters. The quantitative estimate of drug-likeness (QED) is 0.830. The third-order valence-corrected chi connectivity index (χ3v) is 3.03. The Morgan fingerprint density at radius 3 is 2.62 bits per heavy atom. The summed E-state index contributed by atoms with van der Waals surface area (Å²) in [6.45, 7) is 2.46. The topological polar surface area (TPSA) is 51.5 Å². The summed E-state index contributed by atoms with van der Waals surface area (Å²) in [5.74, 6) is 2.21. The number of carbonyl (C=O) groups excluding carboxylic acids is 1. The molecule has 4 nitrogen and oxygen atoms in total. The van der Waals surface area contributed by atoms with Gasteiger partial charge in [-0.25, -0.2) is 0 Å². The normalized spacial score (nSPS) is 10.8. The van der Waals surface area contributed by atoms with Crippen molar-refractivity contribution in [1.29, 1.82) is 0 Å². The van der Waals surface area contributed by atoms with Crippen molar-refractivity contribution in [2.45, 2.75) is 13.3 Å². The summed E-state index contributed by atoms with van der Waals surface area (Å²) in [6.07, 6.45) is 3.92. The predicted molar refractivity (Wildman–Crippen MR) is 82.2 cm³/mol. The average Bonchev–Trinajstić information content (AvgIpc) is 2.91. The number of hydrogen-bond donors (Lipinski definition) is 1. The second kappa shape index (κ2) is 7.33. The number of ether oxygens (including phenoxy) is 1. The second-order valence-corrected chi connectivity index (χ2v) is 4.67. The molecular weight excluding hydrogens is 266 g/mol. The van der Waals surface area contributed by atoms with E-state index in [1.165, 1.54) is 6.08 Å². The Morgan fingerprint density at radius 2 is 2.00 bits per heavy atom. The van der Waals surface area contributed by atoms with E-state index in [9.17, 15) is 4.79 Å². The van der Waals surface area contributed by atoms with Gasteiger partial charge in [0, 0.05) is 12.6 Å². The van der Waals surface area contributed by atoms with Crippen LogP contribution in [0.15, 0.2) is 46.9 Å². The van der Waals surface area contributed by atoms with Crippen LogP contribution in [-0.4, -0.2) is 19.6 Å². The fraction of sp³-hybridized carbons (Fsp3) is 0.235. The number of aryl methyl sites for hydroxylation is 1. The van der Waals surface area contributed by atoms with Crippen molar-refractivity contribution in [2.75, 3.05) is 13.7 Å². The molecule has 0 aliphatic carbocycles. The van der Waals surface area contributed by atoms with E-state index < -0.39 is 0 Å². The molecule has 1 N–H and O–H groups in total. The van der Waals surface area contributed by atoms with Crippen LogP contribution in [0.1, 0.15) is 17.1 Å². The Bertz CT molecular complexity index is 611. The van der Waals surface area contributed by atoms with Gasteiger partial charge in [0.25, 0.3) is 0 Å². The van der Waals surface area contributed by atoms with Gasteiger partial charge >= 0.3 is 0 Å². The first-order valence-corrected chi connectivity index (χ1v) is 6.82. The lowest BCUT2D eigenvalue weighted by molar-refractivity contribution is -0.116. The van der Waals surface area contributed by atoms with E-state index in [2.05, 4.69) is 5.32 Å². The van der Waals surface area contributed by atoms with Crippen molar-refractivity contribution in [2.24, 2.45) is 0 Å². The first-order chi connectivity index (χ1) is 10.2. The number of methoxy groups -OCH3 is 1. The first-order valence-electron chi connectivity index (χ1n) is 6.82. The largest absolute Gasteiger partial charge is 0.497 e. The zero-order valence-corrected chi connectivity index (χ0v) is 12.3. The van der Waals surface area contributed by atoms with Crippen molar-refractivity contribution in [3.05, 3.63) is 59.6 Å². The molecule has 4 heteroatoms. The molecule has 1 aromatic carbocycles. The Labute approximate surface area is 124 Å². The molecule has 1 amide bonds. The third-order valence-electron chi connectivity index (χ3n) is 3.03. The summed E-state index contributed by atoms with van der Waals surface area (Å²) in [5, 5.41) is 2.84. The van der Waals surface area contributed by atoms with Gasteiger partial charge in [0.2, 0.25) is 5.91 Å². The van der Waals surface area contributed by atoms with Crippen LogP contribution >= 0.6 is 0 Å². The monoisotopic (exact) mass is 285 g/mol. The Hall–Kier alpha value is -2.49. The molecule has 21 heavy (non-hydrogen) atoms. The SMILES string of the molecule is COc1ccc(CCNC(=O)/C=C/c2ccc(C)o2)cc1. The average molecular weight is 285 g/mol. The molecule has 0 aliphatic heterocycles. The Morgan fingerprint density at radius 1 is 1.24 bits per heavy atom. The van der Waals surface area contributed by atoms with Crippen LogP contribution in [0.3, 0.4) is 0 Å². The van der Waals surface area contributed by atoms with Crippen LogP contribution in [0.4, 0.5) is 0 Å². The minimum Gasteiger partial charge on any atom is -0.497 e. The summed E-state index contributed by atoms with van der Waals surface area (Å²) in [7, 11) is 1.64. The zero-order valence-electron chi connectivity index (χ0n) is 12.3. The van der Waals surface area contributed by atoms with Crippen LogP contribution < -0.4 is 10.1 Å². The lowest BCUT2D eigenvalue weighted by Gasteiger charge is -2.04. The maximum Gasteiger partial charge on any atom is 0.244 e. The Kier molecular flexibility index (Phi) is 5.21. The fourth-order valence-electron chi connectivity index (χ4n) is 1.88. The number of benzene rings is 1. The van der Waals surface area contributed by atoms with E-state index in [1.807, 2.05) is 43.3 Å². The van der Waals surface area contributed by atoms with Gasteiger partial charge in [-0.3, -0.25) is 4.79 Å². The van der Waals surface area contributed by atoms with Gasteiger partial charge < -0.3 is 14.5 Å². The molecule has 0 aliphatic rings. The van der Waals surface area contributed by atoms with E-state index in [4.69, 9.17) is 9.15 Å². The van der Waals surface area contributed by atoms with Gasteiger partial charge in [-0.1, -0.05) is 12.1 Å². The van der Waals surface area contributed by atoms with Gasteiger partial charge in [-0.15, -0.1) is 0 Å². The maximum atomic E-state index is 11.7. The second-order valence-electron chi connectivity index (χ2n) is 4.67. The standard InChI is InChI=1S/C17H19NO3/c1-13-3-6-16(21-13)9-10-17(19)18-12-11-14-4-7-15(20-2)8-5-14/h3-10H,11-12H2,1-2H3,(H,18,19)/b10-9+. The highest BCUT2D eigenvalue weighted by molar-refractivity contribution is 5.91. The van der Waals surface area contributed by atoms with Crippen LogP contribution in [0.5, 0.6) is 5.75 Å². The summed E-state index contributed by atoms with van der Waals surface area (Å²) < 4.78 is 10.5. The van der Waals surface area contributed by atoms with Gasteiger partial charge in [0.05, 0.1) is 7.11 Å². The predicted octanol–water partition coefficient (Wildman–Crippen LogP) is 2.97. The van der Waals surface area contributed by atoms with Crippen LogP contribution in [0.2, 0.25) is 0 Å². The van der Waals surface area contributed by atoms with E-state index in [0.717, 1.165) is 23.5 Å². The molecule has 2 aromatic rings. The van der Waals surface area contributed by atoms with E-state index in [0.29, 0.717) is 12.3 Å². The first kappa shape index (κ1) is 14.9. The Balaban J connectivity index is 1.74. The molecule has 0 unspecified atom stereocenters. The summed E-state index contributed by atoms with van der Waals surface area (Å²) in [6, 6.07) is 11.5. The minimum atomic E-state index is -0.127. The number of nitrogens with one attached hydrogen (secondary N) is 1. The highest BCUT2D eigenvalue weighted by Gasteiger charge is 1.99. The summed E-state index contributed by atoms with van der Waals surface area (Å²) in [5.41, 5.74) is 1.15. The van der Waals surface area contributed by atoms with Crippen molar-refractivity contribution in [3.63, 3.8) is 0 Å². The van der Waals surface area contributed by atoms with E-state index in [-0.39, 0.29) is 5.91 Å². The van der Waals surface area contributed by atoms with Crippen LogP contribution in [-0.2, 0) is 11.2 Å². The van der Waals surface area contributed by atoms with E-state index >= 15 is 0 Å². The number of hydrogen-bond acceptors (Lipinski definition) is 3. The summed E-state index contributed by atoms with van der Waals surface area (Å²) >= 11 is 0. The fourth-order valence-corrected chi connectivity index (χ4v) is 1.88. The van der Waals surface area contributed by atoms with Gasteiger partial charge in [-0.05, 0) is 49.2 Å². The molecule has 0 radical (unpaired) electrons. The number of carbonyl (C=O) groups is 1. The van der Waals surface area contributed by atoms with Gasteiger partial charge in [-0.2, -0.15) is 0 Å². The molecule has 0 spiro atoms. The minimum absolute atomic E-state index is 0.127. The van der Waals surface area contributed by atoms with E-state index in [1.54, 1.807) is 13.2 Å². The molecule has 0 bridgehead atoms. The molecule has 1 heterocycles. The number of furan rings is 1. The van der Waals surface area contributed by atoms with Crippen molar-refractivity contribution in [3.8, 4) is 5.75 Å². The zero-order chi connectivity index (χ0) is 15.1. The molecule has 0 fully saturated rings. The number of amides is 1. The van der Waals surface area contributed by atoms with Gasteiger partial charge in [0.1, 0.15) is 17.3 Å². The summed E-state index contributed by atoms with van der Waals surface area (Å²) in [4.78, 5) is 11.7. The van der Waals surface area contributed by atoms with Crippen molar-refractivity contribution >= 4 is 12.0 Å². The van der Waals surface area contributed by atoms with Gasteiger partial charge in [0.15, 0.2) is 0 Å². The molecule has 0 saturated carbocycles. The third kappa shape index (κ3) is 4.84. The smallest absolute Gasteiger partial charge is 0.244 e. The lowest BCUT2D eigenvalue weighted by Crippen LogP contribution is -2.23. The molecule has 110 valence electrons.